The molecule has 1 aromatic heterocycles. The van der Waals surface area contributed by atoms with Crippen LogP contribution in [0.25, 0.3) is 0 Å². The van der Waals surface area contributed by atoms with E-state index in [0.29, 0.717) is 37.5 Å². The molecule has 0 spiro atoms. The Labute approximate surface area is 196 Å². The Morgan fingerprint density at radius 3 is 2.21 bits per heavy atom. The number of amides is 1. The molecule has 11 heteroatoms. The van der Waals surface area contributed by atoms with E-state index in [4.69, 9.17) is 18.6 Å². The molecule has 0 unspecified atom stereocenters. The normalized spacial score (nSPS) is 15.0. The van der Waals surface area contributed by atoms with Gasteiger partial charge in [-0.1, -0.05) is 0 Å². The fourth-order valence-electron chi connectivity index (χ4n) is 3.84. The molecule has 184 valence electrons. The van der Waals surface area contributed by atoms with E-state index in [9.17, 15) is 24.6 Å². The van der Waals surface area contributed by atoms with Gasteiger partial charge in [-0.15, -0.1) is 0 Å². The predicted molar refractivity (Wildman–Crippen MR) is 119 cm³/mol. The smallest absolute Gasteiger partial charge is 0.306 e. The van der Waals surface area contributed by atoms with Crippen LogP contribution in [0, 0.1) is 0 Å². The van der Waals surface area contributed by atoms with Crippen molar-refractivity contribution < 1.29 is 38.4 Å². The van der Waals surface area contributed by atoms with Gasteiger partial charge in [-0.2, -0.15) is 0 Å². The van der Waals surface area contributed by atoms with Crippen LogP contribution in [0.2, 0.25) is 0 Å². The third-order valence-corrected chi connectivity index (χ3v) is 5.75. The first-order valence-corrected chi connectivity index (χ1v) is 10.6. The van der Waals surface area contributed by atoms with Gasteiger partial charge < -0.3 is 33.7 Å². The number of carbonyl (C=O) groups excluding carboxylic acids is 2. The van der Waals surface area contributed by atoms with Crippen molar-refractivity contribution >= 4 is 12.4 Å². The maximum Gasteiger partial charge on any atom is 0.306 e. The van der Waals surface area contributed by atoms with Gasteiger partial charge in [-0.3, -0.25) is 19.3 Å². The number of piperazine rings is 1. The van der Waals surface area contributed by atoms with Gasteiger partial charge in [0.15, 0.2) is 17.3 Å². The minimum Gasteiger partial charge on any atom is -0.502 e. The molecular weight excluding hydrogens is 448 g/mol. The minimum atomic E-state index is -0.935. The van der Waals surface area contributed by atoms with E-state index in [1.807, 2.05) is 4.90 Å². The second-order valence-corrected chi connectivity index (χ2v) is 7.81. The van der Waals surface area contributed by atoms with Crippen molar-refractivity contribution in [3.05, 3.63) is 45.5 Å². The maximum atomic E-state index is 12.6. The van der Waals surface area contributed by atoms with Gasteiger partial charge in [0.25, 0.3) is 0 Å². The monoisotopic (exact) mass is 476 g/mol. The summed E-state index contributed by atoms with van der Waals surface area (Å²) in [5.41, 5.74) is -0.262. The average Bonchev–Trinajstić information content (AvgIpc) is 2.85. The van der Waals surface area contributed by atoms with Gasteiger partial charge in [0.2, 0.25) is 23.3 Å². The van der Waals surface area contributed by atoms with E-state index in [1.165, 1.54) is 39.5 Å². The number of hydrogen-bond donors (Lipinski definition) is 2. The van der Waals surface area contributed by atoms with Crippen LogP contribution in [-0.4, -0.2) is 79.9 Å². The van der Waals surface area contributed by atoms with Crippen LogP contribution in [0.5, 0.6) is 23.0 Å². The number of rotatable bonds is 9. The van der Waals surface area contributed by atoms with Gasteiger partial charge in [-0.25, -0.2) is 0 Å². The van der Waals surface area contributed by atoms with Crippen molar-refractivity contribution in [3.8, 4) is 23.0 Å². The average molecular weight is 476 g/mol. The van der Waals surface area contributed by atoms with Gasteiger partial charge in [-0.05, 0) is 17.7 Å². The molecule has 1 aromatic carbocycles. The lowest BCUT2D eigenvalue weighted by Crippen LogP contribution is -2.45. The number of esters is 1. The summed E-state index contributed by atoms with van der Waals surface area (Å²) in [7, 11) is 3.94. The number of aromatic hydroxyl groups is 2. The number of nitrogens with zero attached hydrogens (tertiary/aromatic N) is 2. The maximum absolute atomic E-state index is 12.6. The van der Waals surface area contributed by atoms with Crippen molar-refractivity contribution in [1.29, 1.82) is 0 Å². The van der Waals surface area contributed by atoms with Crippen LogP contribution in [0.3, 0.4) is 0 Å². The topological polar surface area (TPSA) is 139 Å². The highest BCUT2D eigenvalue weighted by Crippen LogP contribution is 2.42. The fourth-order valence-corrected chi connectivity index (χ4v) is 3.84. The number of phenolic OH excluding ortho intramolecular Hbond substituents is 1. The summed E-state index contributed by atoms with van der Waals surface area (Å²) in [5.74, 6) is -2.07. The zero-order chi connectivity index (χ0) is 24.8. The molecular formula is C23H28N2O9. The molecule has 0 radical (unpaired) electrons. The Kier molecular flexibility index (Phi) is 8.00. The first-order chi connectivity index (χ1) is 16.3. The number of phenols is 1. The lowest BCUT2D eigenvalue weighted by molar-refractivity contribution is -0.141. The molecule has 3 rings (SSSR count). The Morgan fingerprint density at radius 1 is 1.06 bits per heavy atom. The second kappa shape index (κ2) is 10.9. The number of ether oxygens (including phenoxy) is 3. The number of carbonyl (C=O) groups is 2. The molecule has 1 aliphatic rings. The highest BCUT2D eigenvalue weighted by Gasteiger charge is 2.29. The van der Waals surface area contributed by atoms with Crippen LogP contribution in [0.1, 0.15) is 29.4 Å². The largest absolute Gasteiger partial charge is 0.502 e. The van der Waals surface area contributed by atoms with Crippen molar-refractivity contribution in [1.82, 2.24) is 9.80 Å². The molecule has 1 aliphatic heterocycles. The van der Waals surface area contributed by atoms with E-state index in [0.717, 1.165) is 6.41 Å². The van der Waals surface area contributed by atoms with Gasteiger partial charge in [0, 0.05) is 32.2 Å². The highest BCUT2D eigenvalue weighted by atomic mass is 16.5. The zero-order valence-corrected chi connectivity index (χ0v) is 19.3. The first-order valence-electron chi connectivity index (χ1n) is 10.6. The molecule has 1 amide bonds. The quantitative estimate of drug-likeness (QED) is 0.399. The molecule has 0 bridgehead atoms. The highest BCUT2D eigenvalue weighted by molar-refractivity contribution is 5.71. The second-order valence-electron chi connectivity index (χ2n) is 7.81. The van der Waals surface area contributed by atoms with Crippen molar-refractivity contribution in [2.45, 2.75) is 18.9 Å². The van der Waals surface area contributed by atoms with Crippen molar-refractivity contribution in [2.24, 2.45) is 0 Å². The van der Waals surface area contributed by atoms with Gasteiger partial charge in [0.05, 0.1) is 40.2 Å². The molecule has 0 aliphatic carbocycles. The zero-order valence-electron chi connectivity index (χ0n) is 19.3. The van der Waals surface area contributed by atoms with E-state index < -0.39 is 23.1 Å². The molecule has 1 fully saturated rings. The third kappa shape index (κ3) is 5.42. The summed E-state index contributed by atoms with van der Waals surface area (Å²) in [6.07, 6.45) is 0.541. The molecule has 1 atom stereocenters. The van der Waals surface area contributed by atoms with E-state index >= 15 is 0 Å². The molecule has 0 saturated carbocycles. The summed E-state index contributed by atoms with van der Waals surface area (Å²) in [4.78, 5) is 39.4. The van der Waals surface area contributed by atoms with E-state index in [-0.39, 0.29) is 36.0 Å². The summed E-state index contributed by atoms with van der Waals surface area (Å²) < 4.78 is 21.2. The van der Waals surface area contributed by atoms with Gasteiger partial charge >= 0.3 is 5.97 Å². The van der Waals surface area contributed by atoms with Crippen molar-refractivity contribution in [3.63, 3.8) is 0 Å². The molecule has 2 N–H and O–H groups in total. The summed E-state index contributed by atoms with van der Waals surface area (Å²) >= 11 is 0. The van der Waals surface area contributed by atoms with Crippen molar-refractivity contribution in [2.75, 3.05) is 47.5 Å². The van der Waals surface area contributed by atoms with E-state index in [2.05, 4.69) is 0 Å². The molecule has 1 saturated heterocycles. The lowest BCUT2D eigenvalue weighted by Gasteiger charge is -2.32. The van der Waals surface area contributed by atoms with Crippen LogP contribution in [0.4, 0.5) is 0 Å². The molecule has 2 aromatic rings. The first kappa shape index (κ1) is 24.9. The Balaban J connectivity index is 2.04. The van der Waals surface area contributed by atoms with Crippen LogP contribution < -0.4 is 14.9 Å². The van der Waals surface area contributed by atoms with Crippen LogP contribution >= 0.6 is 0 Å². The standard InChI is InChI=1S/C23H28N2O9/c1-31-18-8-14(9-19(32-2)22(18)30)16(11-20(28)33-3)23-21(29)17(27)10-15(34-23)12-24-4-6-25(13-26)7-5-24/h8-10,13,16,29-30H,4-7,11-12H2,1-3H3/t16-/m0/s1. The Hall–Kier alpha value is -3.73. The number of benzene rings is 1. The fraction of sp³-hybridized carbons (Fsp3) is 0.435. The molecule has 2 heterocycles. The number of methoxy groups -OCH3 is 3. The Bertz CT molecular complexity index is 1070. The SMILES string of the molecule is COC(=O)C[C@@H](c1cc(OC)c(O)c(OC)c1)c1oc(CN2CCN(C=O)CC2)cc(=O)c1O. The summed E-state index contributed by atoms with van der Waals surface area (Å²) in [6.45, 7) is 2.57. The predicted octanol–water partition coefficient (Wildman–Crippen LogP) is 1.04. The Morgan fingerprint density at radius 2 is 1.68 bits per heavy atom. The summed E-state index contributed by atoms with van der Waals surface area (Å²) in [6, 6.07) is 4.14. The molecule has 11 nitrogen and oxygen atoms in total. The third-order valence-electron chi connectivity index (χ3n) is 5.75. The summed E-state index contributed by atoms with van der Waals surface area (Å²) in [5, 5.41) is 20.9. The van der Waals surface area contributed by atoms with Crippen LogP contribution in [0.15, 0.2) is 27.4 Å². The number of hydrogen-bond acceptors (Lipinski definition) is 10. The van der Waals surface area contributed by atoms with Crippen LogP contribution in [-0.2, 0) is 20.9 Å². The van der Waals surface area contributed by atoms with Gasteiger partial charge in [0.1, 0.15) is 5.76 Å². The van der Waals surface area contributed by atoms with E-state index in [1.54, 1.807) is 4.90 Å². The molecule has 34 heavy (non-hydrogen) atoms. The lowest BCUT2D eigenvalue weighted by atomic mass is 9.91. The minimum absolute atomic E-state index is 0.0789.